The molecule has 0 aromatic carbocycles. The van der Waals surface area contributed by atoms with Crippen molar-refractivity contribution in [1.29, 1.82) is 0 Å². The number of unbranched alkanes of at least 4 members (excludes halogenated alkanes) is 4. The van der Waals surface area contributed by atoms with Crippen LogP contribution in [0.5, 0.6) is 0 Å². The first-order valence-electron chi connectivity index (χ1n) is 8.03. The Hall–Kier alpha value is -0.0800. The van der Waals surface area contributed by atoms with Crippen molar-refractivity contribution < 1.29 is 4.74 Å². The molecule has 0 aliphatic heterocycles. The molecule has 0 aromatic rings. The van der Waals surface area contributed by atoms with Crippen LogP contribution in [0, 0.1) is 5.41 Å². The molecule has 0 atom stereocenters. The van der Waals surface area contributed by atoms with Crippen LogP contribution >= 0.6 is 0 Å². The standard InChI is InChI=1S/C16H33NO/c1-3-4-5-6-7-10-16(11-8-9-12-16)15-17-13-14-18-2/h17H,3-15H2,1-2H3. The second-order valence-corrected chi connectivity index (χ2v) is 6.04. The molecule has 0 saturated heterocycles. The van der Waals surface area contributed by atoms with Gasteiger partial charge < -0.3 is 10.1 Å². The summed E-state index contributed by atoms with van der Waals surface area (Å²) in [5.74, 6) is 0. The van der Waals surface area contributed by atoms with E-state index in [2.05, 4.69) is 12.2 Å². The molecule has 1 saturated carbocycles. The predicted octanol–water partition coefficient (Wildman–Crippen LogP) is 4.14. The largest absolute Gasteiger partial charge is 0.383 e. The van der Waals surface area contributed by atoms with E-state index in [0.717, 1.165) is 13.2 Å². The fourth-order valence-electron chi connectivity index (χ4n) is 3.27. The lowest BCUT2D eigenvalue weighted by Crippen LogP contribution is -2.33. The van der Waals surface area contributed by atoms with Gasteiger partial charge in [0.1, 0.15) is 0 Å². The molecule has 0 heterocycles. The Morgan fingerprint density at radius 1 is 1.06 bits per heavy atom. The third kappa shape index (κ3) is 6.19. The Morgan fingerprint density at radius 3 is 2.44 bits per heavy atom. The summed E-state index contributed by atoms with van der Waals surface area (Å²) >= 11 is 0. The van der Waals surface area contributed by atoms with Crippen LogP contribution in [0.1, 0.15) is 71.1 Å². The van der Waals surface area contributed by atoms with Crippen LogP contribution in [-0.2, 0) is 4.74 Å². The second kappa shape index (κ2) is 9.80. The minimum atomic E-state index is 0.625. The van der Waals surface area contributed by atoms with Crippen molar-refractivity contribution in [3.8, 4) is 0 Å². The minimum Gasteiger partial charge on any atom is -0.383 e. The van der Waals surface area contributed by atoms with Gasteiger partial charge in [-0.05, 0) is 24.7 Å². The highest BCUT2D eigenvalue weighted by atomic mass is 16.5. The van der Waals surface area contributed by atoms with E-state index in [-0.39, 0.29) is 0 Å². The molecule has 18 heavy (non-hydrogen) atoms. The number of rotatable bonds is 11. The van der Waals surface area contributed by atoms with Crippen molar-refractivity contribution in [1.82, 2.24) is 5.32 Å². The smallest absolute Gasteiger partial charge is 0.0587 e. The lowest BCUT2D eigenvalue weighted by atomic mass is 9.80. The molecule has 2 heteroatoms. The van der Waals surface area contributed by atoms with E-state index >= 15 is 0 Å². The zero-order valence-corrected chi connectivity index (χ0v) is 12.6. The topological polar surface area (TPSA) is 21.3 Å². The van der Waals surface area contributed by atoms with Crippen molar-refractivity contribution >= 4 is 0 Å². The van der Waals surface area contributed by atoms with Crippen LogP contribution in [0.3, 0.4) is 0 Å². The maximum absolute atomic E-state index is 5.10. The van der Waals surface area contributed by atoms with Crippen LogP contribution in [0.25, 0.3) is 0 Å². The molecular weight excluding hydrogens is 222 g/mol. The maximum Gasteiger partial charge on any atom is 0.0587 e. The fraction of sp³-hybridized carbons (Fsp3) is 1.00. The highest BCUT2D eigenvalue weighted by molar-refractivity contribution is 4.86. The van der Waals surface area contributed by atoms with Crippen LogP contribution in [-0.4, -0.2) is 26.8 Å². The first-order chi connectivity index (χ1) is 8.83. The summed E-state index contributed by atoms with van der Waals surface area (Å²) in [4.78, 5) is 0. The molecule has 1 aliphatic rings. The SMILES string of the molecule is CCCCCCCC1(CNCCOC)CCCC1. The minimum absolute atomic E-state index is 0.625. The van der Waals surface area contributed by atoms with Gasteiger partial charge in [0.25, 0.3) is 0 Å². The highest BCUT2D eigenvalue weighted by Crippen LogP contribution is 2.41. The van der Waals surface area contributed by atoms with E-state index in [1.807, 2.05) is 0 Å². The Labute approximate surface area is 114 Å². The summed E-state index contributed by atoms with van der Waals surface area (Å²) in [5, 5.41) is 3.60. The lowest BCUT2D eigenvalue weighted by molar-refractivity contribution is 0.186. The highest BCUT2D eigenvalue weighted by Gasteiger charge is 2.32. The van der Waals surface area contributed by atoms with Gasteiger partial charge in [-0.1, -0.05) is 51.9 Å². The van der Waals surface area contributed by atoms with Crippen molar-refractivity contribution in [2.24, 2.45) is 5.41 Å². The van der Waals surface area contributed by atoms with E-state index in [0.29, 0.717) is 5.41 Å². The van der Waals surface area contributed by atoms with Gasteiger partial charge in [0, 0.05) is 20.2 Å². The zero-order chi connectivity index (χ0) is 13.1. The number of methoxy groups -OCH3 is 1. The third-order valence-corrected chi connectivity index (χ3v) is 4.46. The van der Waals surface area contributed by atoms with Gasteiger partial charge in [0.2, 0.25) is 0 Å². The van der Waals surface area contributed by atoms with E-state index in [4.69, 9.17) is 4.74 Å². The molecule has 1 aliphatic carbocycles. The second-order valence-electron chi connectivity index (χ2n) is 6.04. The molecule has 1 fully saturated rings. The van der Waals surface area contributed by atoms with Crippen LogP contribution in [0.2, 0.25) is 0 Å². The van der Waals surface area contributed by atoms with Crippen LogP contribution in [0.15, 0.2) is 0 Å². The van der Waals surface area contributed by atoms with Gasteiger partial charge in [0.15, 0.2) is 0 Å². The Morgan fingerprint density at radius 2 is 1.78 bits per heavy atom. The van der Waals surface area contributed by atoms with Gasteiger partial charge in [0.05, 0.1) is 6.61 Å². The van der Waals surface area contributed by atoms with Gasteiger partial charge in [-0.15, -0.1) is 0 Å². The average molecular weight is 255 g/mol. The van der Waals surface area contributed by atoms with Crippen molar-refractivity contribution in [3.05, 3.63) is 0 Å². The molecule has 1 rings (SSSR count). The number of hydrogen-bond donors (Lipinski definition) is 1. The summed E-state index contributed by atoms with van der Waals surface area (Å²) in [6.45, 7) is 5.35. The van der Waals surface area contributed by atoms with E-state index in [1.165, 1.54) is 70.8 Å². The Balaban J connectivity index is 2.16. The van der Waals surface area contributed by atoms with Crippen molar-refractivity contribution in [2.45, 2.75) is 71.1 Å². The van der Waals surface area contributed by atoms with Crippen molar-refractivity contribution in [2.75, 3.05) is 26.8 Å². The van der Waals surface area contributed by atoms with E-state index < -0.39 is 0 Å². The summed E-state index contributed by atoms with van der Waals surface area (Å²) in [6, 6.07) is 0. The first-order valence-corrected chi connectivity index (χ1v) is 8.03. The van der Waals surface area contributed by atoms with Crippen LogP contribution in [0.4, 0.5) is 0 Å². The van der Waals surface area contributed by atoms with Gasteiger partial charge >= 0.3 is 0 Å². The van der Waals surface area contributed by atoms with E-state index in [1.54, 1.807) is 7.11 Å². The Kier molecular flexibility index (Phi) is 8.70. The van der Waals surface area contributed by atoms with Gasteiger partial charge in [-0.2, -0.15) is 0 Å². The number of hydrogen-bond acceptors (Lipinski definition) is 2. The fourth-order valence-corrected chi connectivity index (χ4v) is 3.27. The summed E-state index contributed by atoms with van der Waals surface area (Å²) in [6.07, 6.45) is 14.3. The Bertz CT molecular complexity index is 188. The molecule has 0 radical (unpaired) electrons. The quantitative estimate of drug-likeness (QED) is 0.560. The average Bonchev–Trinajstić information content (AvgIpc) is 2.84. The molecule has 0 bridgehead atoms. The molecule has 1 N–H and O–H groups in total. The van der Waals surface area contributed by atoms with E-state index in [9.17, 15) is 0 Å². The monoisotopic (exact) mass is 255 g/mol. The zero-order valence-electron chi connectivity index (χ0n) is 12.6. The number of nitrogens with one attached hydrogen (secondary N) is 1. The lowest BCUT2D eigenvalue weighted by Gasteiger charge is -2.29. The third-order valence-electron chi connectivity index (χ3n) is 4.46. The molecule has 0 amide bonds. The molecule has 2 nitrogen and oxygen atoms in total. The van der Waals surface area contributed by atoms with Gasteiger partial charge in [-0.3, -0.25) is 0 Å². The molecule has 0 aromatic heterocycles. The van der Waals surface area contributed by atoms with Crippen molar-refractivity contribution in [3.63, 3.8) is 0 Å². The summed E-state index contributed by atoms with van der Waals surface area (Å²) in [7, 11) is 1.78. The molecular formula is C16H33NO. The van der Waals surface area contributed by atoms with Gasteiger partial charge in [-0.25, -0.2) is 0 Å². The summed E-state index contributed by atoms with van der Waals surface area (Å²) < 4.78 is 5.10. The molecule has 0 spiro atoms. The first kappa shape index (κ1) is 16.0. The molecule has 108 valence electrons. The normalized spacial score (nSPS) is 18.3. The molecule has 0 unspecified atom stereocenters. The summed E-state index contributed by atoms with van der Waals surface area (Å²) in [5.41, 5.74) is 0.625. The predicted molar refractivity (Wildman–Crippen MR) is 79.0 cm³/mol. The number of ether oxygens (including phenoxy) is 1. The maximum atomic E-state index is 5.10. The van der Waals surface area contributed by atoms with Crippen LogP contribution < -0.4 is 5.32 Å².